The molecule has 0 bridgehead atoms. The molecule has 0 amide bonds. The van der Waals surface area contributed by atoms with E-state index in [0.717, 1.165) is 0 Å². The number of benzene rings is 1. The second kappa shape index (κ2) is 5.28. The first-order chi connectivity index (χ1) is 8.72. The van der Waals surface area contributed by atoms with Gasteiger partial charge in [-0.15, -0.1) is 0 Å². The fourth-order valence-electron chi connectivity index (χ4n) is 1.72. The normalized spacial score (nSPS) is 11.6. The Bertz CT molecular complexity index is 590. The fourth-order valence-corrected chi connectivity index (χ4v) is 1.72. The molecule has 18 heavy (non-hydrogen) atoms. The zero-order valence-electron chi connectivity index (χ0n) is 9.89. The number of pyridine rings is 1. The lowest BCUT2D eigenvalue weighted by atomic mass is 10.1. The van der Waals surface area contributed by atoms with Crippen molar-refractivity contribution in [3.63, 3.8) is 0 Å². The van der Waals surface area contributed by atoms with Crippen molar-refractivity contribution in [2.24, 2.45) is 0 Å². The van der Waals surface area contributed by atoms with Crippen LogP contribution in [0.3, 0.4) is 0 Å². The van der Waals surface area contributed by atoms with Crippen molar-refractivity contribution in [2.75, 3.05) is 5.32 Å². The maximum absolute atomic E-state index is 13.6. The molecule has 1 aromatic carbocycles. The Morgan fingerprint density at radius 1 is 1.28 bits per heavy atom. The summed E-state index contributed by atoms with van der Waals surface area (Å²) in [5.74, 6) is 0.197. The minimum atomic E-state index is -0.271. The molecule has 0 saturated carbocycles. The van der Waals surface area contributed by atoms with Crippen LogP contribution < -0.4 is 5.32 Å². The number of hydrogen-bond donors (Lipinski definition) is 1. The second-order valence-corrected chi connectivity index (χ2v) is 3.90. The van der Waals surface area contributed by atoms with Gasteiger partial charge in [0.25, 0.3) is 0 Å². The van der Waals surface area contributed by atoms with Crippen molar-refractivity contribution in [1.82, 2.24) is 4.98 Å². The molecule has 1 heterocycles. The van der Waals surface area contributed by atoms with E-state index in [-0.39, 0.29) is 11.9 Å². The number of nitrogens with one attached hydrogen (secondary N) is 1. The second-order valence-electron chi connectivity index (χ2n) is 3.90. The Morgan fingerprint density at radius 3 is 2.78 bits per heavy atom. The van der Waals surface area contributed by atoms with Gasteiger partial charge in [-0.3, -0.25) is 0 Å². The lowest BCUT2D eigenvalue weighted by Crippen LogP contribution is -2.10. The first-order valence-corrected chi connectivity index (χ1v) is 5.58. The minimum absolute atomic E-state index is 0.256. The molecule has 0 fully saturated rings. The number of anilines is 1. The summed E-state index contributed by atoms with van der Waals surface area (Å²) in [6, 6.07) is 11.7. The van der Waals surface area contributed by atoms with E-state index in [2.05, 4.69) is 10.3 Å². The zero-order valence-corrected chi connectivity index (χ0v) is 9.89. The molecule has 90 valence electrons. The molecule has 2 aromatic rings. The Kier molecular flexibility index (Phi) is 3.54. The van der Waals surface area contributed by atoms with Gasteiger partial charge < -0.3 is 5.32 Å². The number of rotatable bonds is 3. The van der Waals surface area contributed by atoms with E-state index in [4.69, 9.17) is 5.26 Å². The van der Waals surface area contributed by atoms with Crippen molar-refractivity contribution < 1.29 is 4.39 Å². The average molecular weight is 241 g/mol. The van der Waals surface area contributed by atoms with Crippen LogP contribution in [-0.2, 0) is 0 Å². The molecule has 0 spiro atoms. The van der Waals surface area contributed by atoms with Crippen LogP contribution in [0.5, 0.6) is 0 Å². The largest absolute Gasteiger partial charge is 0.362 e. The molecule has 1 N–H and O–H groups in total. The summed E-state index contributed by atoms with van der Waals surface area (Å²) in [6.07, 6.45) is 1.59. The van der Waals surface area contributed by atoms with Crippen molar-refractivity contribution in [1.29, 1.82) is 5.26 Å². The van der Waals surface area contributed by atoms with Gasteiger partial charge in [0.2, 0.25) is 0 Å². The first-order valence-electron chi connectivity index (χ1n) is 5.58. The third-order valence-electron chi connectivity index (χ3n) is 2.65. The number of nitriles is 1. The number of hydrogen-bond acceptors (Lipinski definition) is 3. The van der Waals surface area contributed by atoms with Gasteiger partial charge in [0.15, 0.2) is 0 Å². The van der Waals surface area contributed by atoms with Gasteiger partial charge in [0.05, 0.1) is 11.6 Å². The number of aromatic nitrogens is 1. The SMILES string of the molecule is CC(Nc1ncccc1C#N)c1ccccc1F. The Morgan fingerprint density at radius 2 is 2.06 bits per heavy atom. The van der Waals surface area contributed by atoms with Gasteiger partial charge in [-0.2, -0.15) is 5.26 Å². The van der Waals surface area contributed by atoms with Gasteiger partial charge in [0, 0.05) is 11.8 Å². The van der Waals surface area contributed by atoms with Crippen LogP contribution in [0.25, 0.3) is 0 Å². The maximum atomic E-state index is 13.6. The van der Waals surface area contributed by atoms with E-state index in [0.29, 0.717) is 16.9 Å². The van der Waals surface area contributed by atoms with Gasteiger partial charge >= 0.3 is 0 Å². The van der Waals surface area contributed by atoms with E-state index in [9.17, 15) is 4.39 Å². The molecule has 3 nitrogen and oxygen atoms in total. The molecule has 4 heteroatoms. The van der Waals surface area contributed by atoms with Crippen LogP contribution >= 0.6 is 0 Å². The average Bonchev–Trinajstić information content (AvgIpc) is 2.39. The van der Waals surface area contributed by atoms with Gasteiger partial charge in [0.1, 0.15) is 17.7 Å². The third kappa shape index (κ3) is 2.46. The molecule has 1 aromatic heterocycles. The minimum Gasteiger partial charge on any atom is -0.362 e. The van der Waals surface area contributed by atoms with E-state index in [1.807, 2.05) is 13.0 Å². The molecule has 0 radical (unpaired) electrons. The molecule has 1 atom stereocenters. The van der Waals surface area contributed by atoms with Crippen LogP contribution in [-0.4, -0.2) is 4.98 Å². The summed E-state index contributed by atoms with van der Waals surface area (Å²) in [5.41, 5.74) is 0.993. The van der Waals surface area contributed by atoms with E-state index < -0.39 is 0 Å². The van der Waals surface area contributed by atoms with Gasteiger partial charge in [-0.1, -0.05) is 18.2 Å². The highest BCUT2D eigenvalue weighted by atomic mass is 19.1. The predicted molar refractivity (Wildman–Crippen MR) is 67.4 cm³/mol. The van der Waals surface area contributed by atoms with Crippen LogP contribution in [0.15, 0.2) is 42.6 Å². The highest BCUT2D eigenvalue weighted by molar-refractivity contribution is 5.52. The van der Waals surface area contributed by atoms with E-state index in [1.165, 1.54) is 6.07 Å². The zero-order chi connectivity index (χ0) is 13.0. The number of nitrogens with zero attached hydrogens (tertiary/aromatic N) is 2. The van der Waals surface area contributed by atoms with Crippen molar-refractivity contribution >= 4 is 5.82 Å². The van der Waals surface area contributed by atoms with Crippen LogP contribution in [0, 0.1) is 17.1 Å². The summed E-state index contributed by atoms with van der Waals surface area (Å²) >= 11 is 0. The number of halogens is 1. The molecule has 0 saturated heterocycles. The smallest absolute Gasteiger partial charge is 0.144 e. The predicted octanol–water partition coefficient (Wildman–Crippen LogP) is 3.27. The quantitative estimate of drug-likeness (QED) is 0.897. The molecule has 2 rings (SSSR count). The lowest BCUT2D eigenvalue weighted by molar-refractivity contribution is 0.600. The summed E-state index contributed by atoms with van der Waals surface area (Å²) in [6.45, 7) is 1.83. The molecule has 0 aliphatic carbocycles. The van der Waals surface area contributed by atoms with Crippen LogP contribution in [0.4, 0.5) is 10.2 Å². The maximum Gasteiger partial charge on any atom is 0.144 e. The molecule has 0 aliphatic rings. The molecule has 0 aliphatic heterocycles. The van der Waals surface area contributed by atoms with Crippen molar-refractivity contribution in [3.05, 3.63) is 59.5 Å². The monoisotopic (exact) mass is 241 g/mol. The molecular weight excluding hydrogens is 229 g/mol. The summed E-state index contributed by atoms with van der Waals surface area (Å²) < 4.78 is 13.6. The summed E-state index contributed by atoms with van der Waals surface area (Å²) in [5, 5.41) is 12.0. The van der Waals surface area contributed by atoms with Crippen molar-refractivity contribution in [3.8, 4) is 6.07 Å². The van der Waals surface area contributed by atoms with E-state index >= 15 is 0 Å². The third-order valence-corrected chi connectivity index (χ3v) is 2.65. The van der Waals surface area contributed by atoms with E-state index in [1.54, 1.807) is 36.5 Å². The summed E-state index contributed by atoms with van der Waals surface area (Å²) in [4.78, 5) is 4.09. The fraction of sp³-hybridized carbons (Fsp3) is 0.143. The van der Waals surface area contributed by atoms with Crippen LogP contribution in [0.1, 0.15) is 24.1 Å². The van der Waals surface area contributed by atoms with Crippen molar-refractivity contribution in [2.45, 2.75) is 13.0 Å². The summed E-state index contributed by atoms with van der Waals surface area (Å²) in [7, 11) is 0. The highest BCUT2D eigenvalue weighted by Crippen LogP contribution is 2.21. The Balaban J connectivity index is 2.25. The van der Waals surface area contributed by atoms with Gasteiger partial charge in [-0.25, -0.2) is 9.37 Å². The topological polar surface area (TPSA) is 48.7 Å². The Hall–Kier alpha value is -2.41. The molecular formula is C14H12FN3. The van der Waals surface area contributed by atoms with Crippen LogP contribution in [0.2, 0.25) is 0 Å². The first kappa shape index (κ1) is 12.1. The van der Waals surface area contributed by atoms with Gasteiger partial charge in [-0.05, 0) is 25.1 Å². The highest BCUT2D eigenvalue weighted by Gasteiger charge is 2.12. The standard InChI is InChI=1S/C14H12FN3/c1-10(12-6-2-3-7-13(12)15)18-14-11(9-16)5-4-8-17-14/h2-8,10H,1H3,(H,17,18). The molecule has 1 unspecified atom stereocenters. The lowest BCUT2D eigenvalue weighted by Gasteiger charge is -2.16. The Labute approximate surface area is 105 Å².